The predicted octanol–water partition coefficient (Wildman–Crippen LogP) is 3.74. The van der Waals surface area contributed by atoms with Gasteiger partial charge in [-0.25, -0.2) is 0 Å². The fraction of sp³-hybridized carbons (Fsp3) is 0.185. The Morgan fingerprint density at radius 2 is 1.31 bits per heavy atom. The molecule has 0 saturated heterocycles. The highest BCUT2D eigenvalue weighted by molar-refractivity contribution is 5.82. The van der Waals surface area contributed by atoms with Crippen molar-refractivity contribution in [1.29, 1.82) is 0 Å². The van der Waals surface area contributed by atoms with E-state index in [1.807, 2.05) is 0 Å². The topological polar surface area (TPSA) is 152 Å². The number of halogens is 3. The first-order chi connectivity index (χ1) is 20.1. The highest BCUT2D eigenvalue weighted by Gasteiger charge is 2.29. The summed E-state index contributed by atoms with van der Waals surface area (Å²) in [5.41, 5.74) is 2.16. The number of tetrazole rings is 2. The molecule has 2 N–H and O–H groups in total. The minimum absolute atomic E-state index is 0.0303. The molecular formula is C27H23F3N10O2. The van der Waals surface area contributed by atoms with Crippen molar-refractivity contribution in [2.45, 2.75) is 32.4 Å². The summed E-state index contributed by atoms with van der Waals surface area (Å²) in [4.78, 5) is 2.43. The Hall–Kier alpha value is -5.47. The lowest BCUT2D eigenvalue weighted by molar-refractivity contribution is -0.127. The smallest absolute Gasteiger partial charge is 0.393 e. The Morgan fingerprint density at radius 3 is 1.76 bits per heavy atom. The average Bonchev–Trinajstić information content (AvgIpc) is 3.55. The van der Waals surface area contributed by atoms with Crippen molar-refractivity contribution in [1.82, 2.24) is 40.6 Å². The van der Waals surface area contributed by atoms with E-state index in [0.29, 0.717) is 39.5 Å². The van der Waals surface area contributed by atoms with E-state index in [9.17, 15) is 23.4 Å². The van der Waals surface area contributed by atoms with Crippen LogP contribution in [0.25, 0.3) is 0 Å². The zero-order valence-electron chi connectivity index (χ0n) is 22.2. The molecule has 0 spiro atoms. The first-order valence-corrected chi connectivity index (χ1v) is 12.5. The van der Waals surface area contributed by atoms with Crippen LogP contribution in [-0.4, -0.2) is 69.5 Å². The molecule has 3 aromatic carbocycles. The van der Waals surface area contributed by atoms with Gasteiger partial charge in [0.1, 0.15) is 11.5 Å². The average molecular weight is 577 g/mol. The second kappa shape index (κ2) is 11.6. The quantitative estimate of drug-likeness (QED) is 0.209. The van der Waals surface area contributed by atoms with Crippen LogP contribution >= 0.6 is 0 Å². The summed E-state index contributed by atoms with van der Waals surface area (Å²) in [5.74, 6) is -0.265. The van der Waals surface area contributed by atoms with Gasteiger partial charge in [-0.3, -0.25) is 0 Å². The number of aryl methyl sites for hydroxylation is 2. The van der Waals surface area contributed by atoms with E-state index in [1.54, 1.807) is 44.2 Å². The van der Waals surface area contributed by atoms with E-state index in [4.69, 9.17) is 0 Å². The lowest BCUT2D eigenvalue weighted by atomic mass is 9.82. The minimum Gasteiger partial charge on any atom is -0.508 e. The highest BCUT2D eigenvalue weighted by Crippen LogP contribution is 2.41. The van der Waals surface area contributed by atoms with Crippen LogP contribution in [0, 0.1) is 13.8 Å². The molecule has 5 rings (SSSR count). The van der Waals surface area contributed by atoms with Gasteiger partial charge in [0.15, 0.2) is 11.6 Å². The van der Waals surface area contributed by atoms with E-state index in [2.05, 4.69) is 41.3 Å². The maximum absolute atomic E-state index is 13.3. The highest BCUT2D eigenvalue weighted by atomic mass is 19.4. The molecule has 0 amide bonds. The molecule has 0 aliphatic heterocycles. The van der Waals surface area contributed by atoms with Gasteiger partial charge < -0.3 is 10.2 Å². The van der Waals surface area contributed by atoms with Crippen LogP contribution in [0.15, 0.2) is 70.9 Å². The lowest BCUT2D eigenvalue weighted by Crippen LogP contribution is -2.12. The molecule has 0 atom stereocenters. The van der Waals surface area contributed by atoms with E-state index in [0.717, 1.165) is 0 Å². The van der Waals surface area contributed by atoms with Crippen molar-refractivity contribution < 1.29 is 23.4 Å². The van der Waals surface area contributed by atoms with Gasteiger partial charge in [0.05, 0.1) is 18.9 Å². The first kappa shape index (κ1) is 28.1. The third-order valence-electron chi connectivity index (χ3n) is 6.25. The summed E-state index contributed by atoms with van der Waals surface area (Å²) in [6.07, 6.45) is -2.61. The number of rotatable bonds is 8. The third-order valence-corrected chi connectivity index (χ3v) is 6.25. The zero-order valence-corrected chi connectivity index (χ0v) is 22.2. The number of hydrogen-bond acceptors (Lipinski definition) is 10. The number of alkyl halides is 3. The van der Waals surface area contributed by atoms with Gasteiger partial charge in [0, 0.05) is 17.0 Å². The number of phenols is 2. The van der Waals surface area contributed by atoms with Crippen LogP contribution in [0.4, 0.5) is 13.2 Å². The summed E-state index contributed by atoms with van der Waals surface area (Å²) in [6, 6.07) is 15.3. The van der Waals surface area contributed by atoms with Gasteiger partial charge in [-0.1, -0.05) is 24.3 Å². The normalized spacial score (nSPS) is 12.2. The fourth-order valence-electron chi connectivity index (χ4n) is 4.32. The van der Waals surface area contributed by atoms with Crippen molar-refractivity contribution in [2.24, 2.45) is 10.2 Å². The fourth-order valence-corrected chi connectivity index (χ4v) is 4.32. The molecule has 0 aliphatic rings. The second-order valence-corrected chi connectivity index (χ2v) is 9.33. The molecule has 0 fully saturated rings. The first-order valence-electron chi connectivity index (χ1n) is 12.5. The monoisotopic (exact) mass is 576 g/mol. The number of nitrogens with zero attached hydrogens (tertiary/aromatic N) is 10. The Balaban J connectivity index is 1.63. The molecule has 0 unspecified atom stereocenters. The SMILES string of the molecule is Cc1nnnn1/N=C/c1ccc(O)c(C(c2cccc(CC(F)(F)F)c2)c2cc(/C=N/n3nnnc3C)ccc2O)c1. The molecule has 5 aromatic rings. The van der Waals surface area contributed by atoms with Crippen LogP contribution in [0.1, 0.15) is 50.9 Å². The summed E-state index contributed by atoms with van der Waals surface area (Å²) in [5, 5.41) is 52.6. The van der Waals surface area contributed by atoms with Gasteiger partial charge in [-0.05, 0) is 93.4 Å². The Bertz CT molecular complexity index is 1680. The third kappa shape index (κ3) is 6.46. The van der Waals surface area contributed by atoms with Crippen LogP contribution in [0.5, 0.6) is 11.5 Å². The molecular weight excluding hydrogens is 553 g/mol. The molecule has 0 saturated carbocycles. The van der Waals surface area contributed by atoms with Gasteiger partial charge in [-0.15, -0.1) is 19.8 Å². The van der Waals surface area contributed by atoms with E-state index in [-0.39, 0.29) is 17.1 Å². The van der Waals surface area contributed by atoms with E-state index in [1.165, 1.54) is 52.3 Å². The lowest BCUT2D eigenvalue weighted by Gasteiger charge is -2.22. The molecule has 42 heavy (non-hydrogen) atoms. The Labute approximate surface area is 236 Å². The molecule has 2 aromatic heterocycles. The van der Waals surface area contributed by atoms with E-state index >= 15 is 0 Å². The maximum atomic E-state index is 13.3. The largest absolute Gasteiger partial charge is 0.508 e. The number of aromatic nitrogens is 8. The van der Waals surface area contributed by atoms with Crippen molar-refractivity contribution in [3.8, 4) is 11.5 Å². The van der Waals surface area contributed by atoms with Crippen molar-refractivity contribution >= 4 is 12.4 Å². The molecule has 214 valence electrons. The van der Waals surface area contributed by atoms with Gasteiger partial charge in [0.2, 0.25) is 0 Å². The van der Waals surface area contributed by atoms with Crippen LogP contribution in [0.3, 0.4) is 0 Å². The van der Waals surface area contributed by atoms with Gasteiger partial charge in [-0.2, -0.15) is 23.4 Å². The summed E-state index contributed by atoms with van der Waals surface area (Å²) in [6.45, 7) is 3.34. The van der Waals surface area contributed by atoms with Crippen LogP contribution in [0.2, 0.25) is 0 Å². The Morgan fingerprint density at radius 1 is 0.786 bits per heavy atom. The molecule has 0 radical (unpaired) electrons. The summed E-state index contributed by atoms with van der Waals surface area (Å²) < 4.78 is 39.8. The molecule has 12 nitrogen and oxygen atoms in total. The number of benzene rings is 3. The molecule has 0 aliphatic carbocycles. The van der Waals surface area contributed by atoms with Crippen molar-refractivity contribution in [3.63, 3.8) is 0 Å². The van der Waals surface area contributed by atoms with Gasteiger partial charge in [0.25, 0.3) is 0 Å². The Kier molecular flexibility index (Phi) is 7.73. The zero-order chi connectivity index (χ0) is 29.9. The molecule has 15 heteroatoms. The number of aromatic hydroxyl groups is 2. The molecule has 2 heterocycles. The second-order valence-electron chi connectivity index (χ2n) is 9.33. The van der Waals surface area contributed by atoms with Crippen LogP contribution < -0.4 is 0 Å². The summed E-state index contributed by atoms with van der Waals surface area (Å²) >= 11 is 0. The van der Waals surface area contributed by atoms with Crippen molar-refractivity contribution in [3.05, 3.63) is 106 Å². The molecule has 0 bridgehead atoms. The van der Waals surface area contributed by atoms with E-state index < -0.39 is 18.5 Å². The minimum atomic E-state index is -4.42. The van der Waals surface area contributed by atoms with Gasteiger partial charge >= 0.3 is 6.18 Å². The standard InChI is InChI=1S/C27H23F3N10O2/c1-16-33-35-37-39(16)31-14-19-6-8-24(41)22(11-19)26(21-5-3-4-18(10-21)13-27(28,29)30)23-12-20(7-9-25(23)42)15-32-40-17(2)34-36-38-40/h3-12,14-15,26,41-42H,13H2,1-2H3/b31-14+,32-15+. The number of hydrogen-bond donors (Lipinski definition) is 2. The van der Waals surface area contributed by atoms with Crippen molar-refractivity contribution in [2.75, 3.05) is 0 Å². The summed E-state index contributed by atoms with van der Waals surface area (Å²) in [7, 11) is 0. The van der Waals surface area contributed by atoms with Crippen LogP contribution in [-0.2, 0) is 6.42 Å². The predicted molar refractivity (Wildman–Crippen MR) is 144 cm³/mol. The number of phenolic OH excluding ortho intramolecular Hbond substituents is 2. The maximum Gasteiger partial charge on any atom is 0.393 e.